The summed E-state index contributed by atoms with van der Waals surface area (Å²) in [6.45, 7) is 0. The van der Waals surface area contributed by atoms with Crippen molar-refractivity contribution in [2.24, 2.45) is 5.92 Å². The van der Waals surface area contributed by atoms with Gasteiger partial charge in [-0.2, -0.15) is 0 Å². The first-order valence-electron chi connectivity index (χ1n) is 13.2. The number of carbonyl (C=O) groups is 1. The molecule has 1 aliphatic rings. The van der Waals surface area contributed by atoms with Crippen LogP contribution in [0.4, 0.5) is 0 Å². The van der Waals surface area contributed by atoms with E-state index < -0.39 is 19.2 Å². The van der Waals surface area contributed by atoms with E-state index in [0.717, 1.165) is 29.5 Å². The third kappa shape index (κ3) is 6.48. The van der Waals surface area contributed by atoms with E-state index >= 15 is 0 Å². The molecule has 4 rings (SSSR count). The highest BCUT2D eigenvalue weighted by Gasteiger charge is 2.41. The lowest BCUT2D eigenvalue weighted by Gasteiger charge is -2.41. The van der Waals surface area contributed by atoms with E-state index in [1.165, 1.54) is 33.5 Å². The minimum atomic E-state index is -3.52. The van der Waals surface area contributed by atoms with Crippen LogP contribution in [0.3, 0.4) is 0 Å². The average Bonchev–Trinajstić information content (AvgIpc) is 2.97. The van der Waals surface area contributed by atoms with Crippen molar-refractivity contribution >= 4 is 13.4 Å². The molecule has 1 N–H and O–H groups in total. The summed E-state index contributed by atoms with van der Waals surface area (Å²) in [4.78, 5) is 13.9. The lowest BCUT2D eigenvalue weighted by atomic mass is 9.75. The molecule has 3 aromatic rings. The molecule has 6 heteroatoms. The molecule has 0 aromatic heterocycles. The van der Waals surface area contributed by atoms with Crippen LogP contribution in [0.1, 0.15) is 55.2 Å². The number of nitrogens with one attached hydrogen (secondary N) is 1. The Bertz CT molecular complexity index is 1060. The van der Waals surface area contributed by atoms with E-state index in [1.54, 1.807) is 0 Å². The van der Waals surface area contributed by atoms with E-state index in [0.29, 0.717) is 12.3 Å². The van der Waals surface area contributed by atoms with Gasteiger partial charge in [0.2, 0.25) is 0 Å². The van der Waals surface area contributed by atoms with Gasteiger partial charge in [-0.1, -0.05) is 123 Å². The minimum Gasteiger partial charge on any atom is -0.312 e. The van der Waals surface area contributed by atoms with Gasteiger partial charge in [0.15, 0.2) is 5.78 Å². The summed E-state index contributed by atoms with van der Waals surface area (Å²) in [5, 5.41) is 3.85. The van der Waals surface area contributed by atoms with Gasteiger partial charge in [0.05, 0.1) is 11.6 Å². The van der Waals surface area contributed by atoms with Crippen LogP contribution in [-0.2, 0) is 23.9 Å². The first-order chi connectivity index (χ1) is 18.0. The molecule has 1 fully saturated rings. The second-order valence-electron chi connectivity index (χ2n) is 9.89. The fraction of sp³-hybridized carbons (Fsp3) is 0.387. The van der Waals surface area contributed by atoms with Crippen molar-refractivity contribution in [2.45, 2.75) is 50.1 Å². The molecular weight excluding hydrogens is 481 g/mol. The van der Waals surface area contributed by atoms with Crippen molar-refractivity contribution in [2.75, 3.05) is 20.4 Å². The highest BCUT2D eigenvalue weighted by atomic mass is 31.2. The van der Waals surface area contributed by atoms with Crippen LogP contribution in [-0.4, -0.2) is 32.2 Å². The SMILES string of the molecule is COP(=O)(CC(=O)[C@H](CC1CCCCC1)NC(c1ccccc1)(c1ccccc1)c1ccccc1)OC. The van der Waals surface area contributed by atoms with Crippen LogP contribution in [0.15, 0.2) is 91.0 Å². The zero-order valence-electron chi connectivity index (χ0n) is 21.8. The topological polar surface area (TPSA) is 64.6 Å². The fourth-order valence-corrected chi connectivity index (χ4v) is 6.62. The van der Waals surface area contributed by atoms with E-state index in [2.05, 4.69) is 41.7 Å². The second-order valence-corrected chi connectivity index (χ2v) is 12.2. The Labute approximate surface area is 221 Å². The molecule has 0 saturated heterocycles. The molecule has 1 saturated carbocycles. The Morgan fingerprint density at radius 2 is 1.24 bits per heavy atom. The predicted molar refractivity (Wildman–Crippen MR) is 149 cm³/mol. The Kier molecular flexibility index (Phi) is 9.50. The van der Waals surface area contributed by atoms with Gasteiger partial charge in [-0.05, 0) is 29.0 Å². The summed E-state index contributed by atoms with van der Waals surface area (Å²) < 4.78 is 23.4. The normalized spacial score (nSPS) is 15.8. The van der Waals surface area contributed by atoms with Crippen LogP contribution >= 0.6 is 7.60 Å². The Morgan fingerprint density at radius 3 is 1.65 bits per heavy atom. The van der Waals surface area contributed by atoms with Crippen molar-refractivity contribution in [1.29, 1.82) is 0 Å². The summed E-state index contributed by atoms with van der Waals surface area (Å²) in [5.74, 6) is 0.282. The van der Waals surface area contributed by atoms with Crippen molar-refractivity contribution in [3.63, 3.8) is 0 Å². The molecule has 0 radical (unpaired) electrons. The predicted octanol–water partition coefficient (Wildman–Crippen LogP) is 6.96. The number of rotatable bonds is 12. The lowest BCUT2D eigenvalue weighted by Crippen LogP contribution is -2.53. The molecule has 0 amide bonds. The van der Waals surface area contributed by atoms with E-state index in [1.807, 2.05) is 54.6 Å². The maximum absolute atomic E-state index is 13.9. The molecule has 1 atom stereocenters. The number of Topliss-reactive ketones (excluding diaryl/α,β-unsaturated/α-hetero) is 1. The summed E-state index contributed by atoms with van der Waals surface area (Å²) >= 11 is 0. The number of benzene rings is 3. The summed E-state index contributed by atoms with van der Waals surface area (Å²) in [7, 11) is -0.842. The van der Waals surface area contributed by atoms with Gasteiger partial charge in [0, 0.05) is 14.2 Å². The number of hydrogen-bond donors (Lipinski definition) is 1. The number of hydrogen-bond acceptors (Lipinski definition) is 5. The van der Waals surface area contributed by atoms with Crippen LogP contribution in [0.2, 0.25) is 0 Å². The Balaban J connectivity index is 1.85. The third-order valence-corrected chi connectivity index (χ3v) is 9.41. The van der Waals surface area contributed by atoms with Gasteiger partial charge in [-0.15, -0.1) is 0 Å². The summed E-state index contributed by atoms with van der Waals surface area (Å²) in [5.41, 5.74) is 2.32. The molecule has 0 bridgehead atoms. The van der Waals surface area contributed by atoms with Gasteiger partial charge in [-0.25, -0.2) is 0 Å². The zero-order chi connectivity index (χ0) is 26.1. The first kappa shape index (κ1) is 27.5. The summed E-state index contributed by atoms with van der Waals surface area (Å²) in [6, 6.07) is 30.2. The molecule has 37 heavy (non-hydrogen) atoms. The van der Waals surface area contributed by atoms with Crippen LogP contribution in [0, 0.1) is 5.92 Å². The maximum atomic E-state index is 13.9. The van der Waals surface area contributed by atoms with E-state index in [4.69, 9.17) is 9.05 Å². The zero-order valence-corrected chi connectivity index (χ0v) is 22.7. The third-order valence-electron chi connectivity index (χ3n) is 7.60. The molecule has 1 aliphatic carbocycles. The van der Waals surface area contributed by atoms with Gasteiger partial charge in [0.1, 0.15) is 6.16 Å². The standard InChI is InChI=1S/C31H38NO4P/c1-35-37(34,36-2)24-30(33)29(23-25-15-7-3-8-16-25)32-31(26-17-9-4-10-18-26,27-19-11-5-12-20-27)28-21-13-6-14-22-28/h4-6,9-14,17-22,25,29,32H,3,7-8,15-16,23-24H2,1-2H3/t29-/m0/s1. The van der Waals surface area contributed by atoms with Crippen molar-refractivity contribution in [3.8, 4) is 0 Å². The quantitative estimate of drug-likeness (QED) is 0.207. The highest BCUT2D eigenvalue weighted by molar-refractivity contribution is 7.54. The molecule has 5 nitrogen and oxygen atoms in total. The van der Waals surface area contributed by atoms with E-state index in [-0.39, 0.29) is 11.9 Å². The van der Waals surface area contributed by atoms with Gasteiger partial charge < -0.3 is 9.05 Å². The summed E-state index contributed by atoms with van der Waals surface area (Å²) in [6.07, 6.45) is 6.23. The van der Waals surface area contributed by atoms with Gasteiger partial charge >= 0.3 is 7.60 Å². The molecule has 0 aliphatic heterocycles. The maximum Gasteiger partial charge on any atom is 0.337 e. The number of carbonyl (C=O) groups excluding carboxylic acids is 1. The molecule has 196 valence electrons. The van der Waals surface area contributed by atoms with E-state index in [9.17, 15) is 9.36 Å². The monoisotopic (exact) mass is 519 g/mol. The molecule has 3 aromatic carbocycles. The smallest absolute Gasteiger partial charge is 0.312 e. The van der Waals surface area contributed by atoms with Crippen LogP contribution in [0.5, 0.6) is 0 Å². The fourth-order valence-electron chi connectivity index (χ4n) is 5.61. The first-order valence-corrected chi connectivity index (χ1v) is 14.9. The van der Waals surface area contributed by atoms with Crippen molar-refractivity contribution < 1.29 is 18.4 Å². The van der Waals surface area contributed by atoms with Gasteiger partial charge in [0.25, 0.3) is 0 Å². The molecular formula is C31H38NO4P. The van der Waals surface area contributed by atoms with Crippen LogP contribution in [0.25, 0.3) is 0 Å². The Hall–Kier alpha value is -2.56. The highest BCUT2D eigenvalue weighted by Crippen LogP contribution is 2.47. The Morgan fingerprint density at radius 1 is 0.811 bits per heavy atom. The molecule has 0 spiro atoms. The van der Waals surface area contributed by atoms with Crippen molar-refractivity contribution in [1.82, 2.24) is 5.32 Å². The second kappa shape index (κ2) is 12.8. The number of ketones is 1. The molecule has 0 unspecified atom stereocenters. The minimum absolute atomic E-state index is 0.148. The lowest BCUT2D eigenvalue weighted by molar-refractivity contribution is -0.119. The average molecular weight is 520 g/mol. The largest absolute Gasteiger partial charge is 0.337 e. The van der Waals surface area contributed by atoms with Crippen LogP contribution < -0.4 is 5.32 Å². The van der Waals surface area contributed by atoms with Gasteiger partial charge in [-0.3, -0.25) is 14.7 Å². The molecule has 0 heterocycles. The van der Waals surface area contributed by atoms with Crippen molar-refractivity contribution in [3.05, 3.63) is 108 Å².